The zero-order valence-electron chi connectivity index (χ0n) is 17.6. The van der Waals surface area contributed by atoms with Crippen LogP contribution in [0, 0.1) is 6.92 Å². The molecule has 33 heavy (non-hydrogen) atoms. The third kappa shape index (κ3) is 3.94. The van der Waals surface area contributed by atoms with Crippen LogP contribution in [0.25, 0.3) is 0 Å². The summed E-state index contributed by atoms with van der Waals surface area (Å²) in [6, 6.07) is 20.9. The van der Waals surface area contributed by atoms with Crippen LogP contribution in [0.15, 0.2) is 72.8 Å². The molecule has 3 aromatic carbocycles. The molecule has 1 amide bonds. The third-order valence-corrected chi connectivity index (χ3v) is 6.47. The lowest BCUT2D eigenvalue weighted by molar-refractivity contribution is 0.0979. The molecular weight excluding hydrogens is 436 g/mol. The minimum absolute atomic E-state index is 0.195. The molecule has 0 saturated carbocycles. The van der Waals surface area contributed by atoms with E-state index in [2.05, 4.69) is 10.3 Å². The molecule has 1 N–H and O–H groups in total. The minimum atomic E-state index is -0.328. The number of rotatable bonds is 5. The molecule has 7 heteroatoms. The van der Waals surface area contributed by atoms with Gasteiger partial charge in [-0.15, -0.1) is 11.3 Å². The molecule has 1 aromatic heterocycles. The van der Waals surface area contributed by atoms with Crippen LogP contribution in [0.4, 0.5) is 5.69 Å². The van der Waals surface area contributed by atoms with E-state index in [0.29, 0.717) is 38.0 Å². The fraction of sp³-hybridized carbons (Fsp3) is 0.0769. The molecule has 0 radical (unpaired) electrons. The second kappa shape index (κ2) is 8.44. The normalized spacial score (nSPS) is 12.2. The molecule has 1 aliphatic rings. The van der Waals surface area contributed by atoms with Gasteiger partial charge in [-0.05, 0) is 37.3 Å². The number of para-hydroxylation sites is 1. The highest BCUT2D eigenvalue weighted by atomic mass is 32.1. The number of benzene rings is 3. The molecule has 1 heterocycles. The summed E-state index contributed by atoms with van der Waals surface area (Å²) >= 11 is 1.26. The number of thiazole rings is 1. The molecule has 4 aromatic rings. The van der Waals surface area contributed by atoms with E-state index in [1.807, 2.05) is 30.3 Å². The van der Waals surface area contributed by atoms with Gasteiger partial charge in [-0.2, -0.15) is 0 Å². The zero-order valence-corrected chi connectivity index (χ0v) is 18.4. The van der Waals surface area contributed by atoms with Gasteiger partial charge in [-0.25, -0.2) is 4.98 Å². The van der Waals surface area contributed by atoms with Gasteiger partial charge in [0.1, 0.15) is 22.2 Å². The lowest BCUT2D eigenvalue weighted by atomic mass is 9.84. The molecule has 0 atom stereocenters. The van der Waals surface area contributed by atoms with Crippen LogP contribution in [-0.4, -0.2) is 22.5 Å². The predicted octanol–water partition coefficient (Wildman–Crippen LogP) is 5.06. The highest BCUT2D eigenvalue weighted by Gasteiger charge is 2.29. The maximum Gasteiger partial charge on any atom is 0.267 e. The van der Waals surface area contributed by atoms with Gasteiger partial charge >= 0.3 is 0 Å². The number of carbonyl (C=O) groups is 3. The Morgan fingerprint density at radius 1 is 0.879 bits per heavy atom. The molecule has 0 aliphatic heterocycles. The van der Waals surface area contributed by atoms with E-state index in [1.165, 1.54) is 11.3 Å². The number of hydrogen-bond acceptors (Lipinski definition) is 6. The molecule has 0 unspecified atom stereocenters. The number of nitrogens with one attached hydrogen (secondary N) is 1. The fourth-order valence-electron chi connectivity index (χ4n) is 3.75. The van der Waals surface area contributed by atoms with Crippen LogP contribution in [-0.2, 0) is 6.61 Å². The lowest BCUT2D eigenvalue weighted by Crippen LogP contribution is -2.21. The first-order valence-electron chi connectivity index (χ1n) is 10.3. The summed E-state index contributed by atoms with van der Waals surface area (Å²) in [5.74, 6) is -0.0258. The molecular formula is C26H18N2O4S. The second-order valence-corrected chi connectivity index (χ2v) is 8.63. The van der Waals surface area contributed by atoms with Gasteiger partial charge in [0.15, 0.2) is 11.6 Å². The Hall–Kier alpha value is -4.10. The van der Waals surface area contributed by atoms with E-state index in [-0.39, 0.29) is 29.6 Å². The number of hydrogen-bond donors (Lipinski definition) is 1. The highest BCUT2D eigenvalue weighted by molar-refractivity contribution is 7.13. The van der Waals surface area contributed by atoms with Gasteiger partial charge < -0.3 is 10.1 Å². The van der Waals surface area contributed by atoms with E-state index in [9.17, 15) is 14.4 Å². The fourth-order valence-corrected chi connectivity index (χ4v) is 4.62. The largest absolute Gasteiger partial charge is 0.486 e. The average molecular weight is 455 g/mol. The van der Waals surface area contributed by atoms with Crippen LogP contribution >= 0.6 is 11.3 Å². The summed E-state index contributed by atoms with van der Waals surface area (Å²) in [6.45, 7) is 2.03. The Morgan fingerprint density at radius 3 is 2.24 bits per heavy atom. The molecule has 1 aliphatic carbocycles. The number of anilines is 1. The summed E-state index contributed by atoms with van der Waals surface area (Å²) < 4.78 is 5.72. The Morgan fingerprint density at radius 2 is 1.52 bits per heavy atom. The highest BCUT2D eigenvalue weighted by Crippen LogP contribution is 2.29. The van der Waals surface area contributed by atoms with Gasteiger partial charge in [-0.1, -0.05) is 42.5 Å². The number of amides is 1. The van der Waals surface area contributed by atoms with Crippen molar-refractivity contribution in [2.45, 2.75) is 13.5 Å². The molecule has 0 bridgehead atoms. The van der Waals surface area contributed by atoms with Gasteiger partial charge in [-0.3, -0.25) is 14.4 Å². The van der Waals surface area contributed by atoms with E-state index in [0.717, 1.165) is 5.75 Å². The van der Waals surface area contributed by atoms with Gasteiger partial charge in [0.05, 0.1) is 5.69 Å². The topological polar surface area (TPSA) is 85.4 Å². The van der Waals surface area contributed by atoms with Crippen molar-refractivity contribution in [1.82, 2.24) is 4.98 Å². The smallest absolute Gasteiger partial charge is 0.267 e. The summed E-state index contributed by atoms with van der Waals surface area (Å²) in [4.78, 5) is 43.5. The van der Waals surface area contributed by atoms with Gasteiger partial charge in [0, 0.05) is 27.9 Å². The molecule has 0 fully saturated rings. The van der Waals surface area contributed by atoms with Crippen molar-refractivity contribution in [2.24, 2.45) is 0 Å². The number of nitrogens with zero attached hydrogens (tertiary/aromatic N) is 1. The van der Waals surface area contributed by atoms with E-state index < -0.39 is 0 Å². The first-order valence-corrected chi connectivity index (χ1v) is 11.1. The molecule has 5 rings (SSSR count). The Balaban J connectivity index is 1.34. The Bertz CT molecular complexity index is 1410. The van der Waals surface area contributed by atoms with E-state index in [4.69, 9.17) is 4.74 Å². The van der Waals surface area contributed by atoms with Crippen molar-refractivity contribution in [1.29, 1.82) is 0 Å². The summed E-state index contributed by atoms with van der Waals surface area (Å²) in [6.07, 6.45) is 0. The van der Waals surface area contributed by atoms with Crippen molar-refractivity contribution in [3.63, 3.8) is 0 Å². The van der Waals surface area contributed by atoms with Crippen molar-refractivity contribution < 1.29 is 19.1 Å². The molecule has 0 saturated heterocycles. The van der Waals surface area contributed by atoms with Crippen LogP contribution < -0.4 is 10.1 Å². The van der Waals surface area contributed by atoms with Crippen molar-refractivity contribution in [3.05, 3.63) is 111 Å². The van der Waals surface area contributed by atoms with E-state index >= 15 is 0 Å². The Kier molecular flexibility index (Phi) is 5.32. The first-order chi connectivity index (χ1) is 16.0. The molecule has 0 spiro atoms. The monoisotopic (exact) mass is 454 g/mol. The Labute approximate surface area is 193 Å². The number of fused-ring (bicyclic) bond motifs is 2. The summed E-state index contributed by atoms with van der Waals surface area (Å²) in [5, 5.41) is 3.51. The van der Waals surface area contributed by atoms with Crippen LogP contribution in [0.2, 0.25) is 0 Å². The maximum atomic E-state index is 12.9. The number of aryl methyl sites for hydroxylation is 1. The average Bonchev–Trinajstić information content (AvgIpc) is 3.22. The number of carbonyl (C=O) groups excluding carboxylic acids is 3. The van der Waals surface area contributed by atoms with Crippen molar-refractivity contribution >= 4 is 34.5 Å². The number of ether oxygens (including phenoxy) is 1. The number of ketones is 2. The van der Waals surface area contributed by atoms with Crippen LogP contribution in [0.1, 0.15) is 52.2 Å². The van der Waals surface area contributed by atoms with Gasteiger partial charge in [0.2, 0.25) is 0 Å². The van der Waals surface area contributed by atoms with Crippen molar-refractivity contribution in [3.8, 4) is 5.75 Å². The second-order valence-electron chi connectivity index (χ2n) is 7.54. The summed E-state index contributed by atoms with van der Waals surface area (Å²) in [7, 11) is 0. The third-order valence-electron chi connectivity index (χ3n) is 5.34. The summed E-state index contributed by atoms with van der Waals surface area (Å²) in [5.41, 5.74) is 2.44. The first kappa shape index (κ1) is 20.8. The molecule has 162 valence electrons. The zero-order chi connectivity index (χ0) is 22.9. The van der Waals surface area contributed by atoms with Crippen molar-refractivity contribution in [2.75, 3.05) is 5.32 Å². The standard InChI is InChI=1S/C26H18N2O4S/c1-15-25(33-22(27-15)14-32-17-7-3-2-4-8-17)26(31)28-16-11-12-20-21(13-16)24(30)19-10-6-5-9-18(19)23(20)29/h2-13H,14H2,1H3,(H,28,31). The minimum Gasteiger partial charge on any atom is -0.486 e. The maximum absolute atomic E-state index is 12.9. The quantitative estimate of drug-likeness (QED) is 0.401. The number of aromatic nitrogens is 1. The predicted molar refractivity (Wildman–Crippen MR) is 125 cm³/mol. The lowest BCUT2D eigenvalue weighted by Gasteiger charge is -2.18. The van der Waals surface area contributed by atoms with Gasteiger partial charge in [0.25, 0.3) is 5.91 Å². The van der Waals surface area contributed by atoms with Crippen LogP contribution in [0.5, 0.6) is 5.75 Å². The molecule has 6 nitrogen and oxygen atoms in total. The SMILES string of the molecule is Cc1nc(COc2ccccc2)sc1C(=O)Nc1ccc2c(c1)C(=O)c1ccccc1C2=O. The van der Waals surface area contributed by atoms with E-state index in [1.54, 1.807) is 49.4 Å². The van der Waals surface area contributed by atoms with Crippen LogP contribution in [0.3, 0.4) is 0 Å².